The zero-order chi connectivity index (χ0) is 12.5. The largest absolute Gasteiger partial charge is 0.330 e. The third-order valence-corrected chi connectivity index (χ3v) is 2.94. The molecule has 0 unspecified atom stereocenters. The first-order chi connectivity index (χ1) is 8.00. The monoisotopic (exact) mass is 236 g/mol. The zero-order valence-corrected chi connectivity index (χ0v) is 9.99. The number of aromatic amines is 1. The van der Waals surface area contributed by atoms with Gasteiger partial charge in [0.15, 0.2) is 0 Å². The lowest BCUT2D eigenvalue weighted by molar-refractivity contribution is 0.0470. The Labute approximate surface area is 99.0 Å². The lowest BCUT2D eigenvalue weighted by Crippen LogP contribution is -2.60. The molecule has 2 N–H and O–H groups in total. The SMILES string of the molecule is CC1(C)CNCCN1C(=O)c1ccc(=O)[nH]n1. The van der Waals surface area contributed by atoms with Crippen LogP contribution in [0, 0.1) is 0 Å². The molecule has 1 aliphatic heterocycles. The first-order valence-corrected chi connectivity index (χ1v) is 5.59. The number of nitrogens with one attached hydrogen (secondary N) is 2. The van der Waals surface area contributed by atoms with Crippen molar-refractivity contribution in [2.24, 2.45) is 0 Å². The van der Waals surface area contributed by atoms with Crippen molar-refractivity contribution < 1.29 is 4.79 Å². The smallest absolute Gasteiger partial charge is 0.274 e. The van der Waals surface area contributed by atoms with E-state index in [0.29, 0.717) is 6.54 Å². The molecule has 0 aliphatic carbocycles. The molecule has 0 bridgehead atoms. The van der Waals surface area contributed by atoms with E-state index >= 15 is 0 Å². The highest BCUT2D eigenvalue weighted by Crippen LogP contribution is 2.18. The van der Waals surface area contributed by atoms with E-state index in [1.165, 1.54) is 12.1 Å². The zero-order valence-electron chi connectivity index (χ0n) is 9.99. The van der Waals surface area contributed by atoms with E-state index in [2.05, 4.69) is 15.5 Å². The van der Waals surface area contributed by atoms with Crippen LogP contribution in [0.2, 0.25) is 0 Å². The second kappa shape index (κ2) is 4.29. The quantitative estimate of drug-likeness (QED) is 0.695. The highest BCUT2D eigenvalue weighted by atomic mass is 16.2. The van der Waals surface area contributed by atoms with E-state index < -0.39 is 0 Å². The Hall–Kier alpha value is -1.69. The number of carbonyl (C=O) groups excluding carboxylic acids is 1. The highest BCUT2D eigenvalue weighted by molar-refractivity contribution is 5.92. The number of amides is 1. The van der Waals surface area contributed by atoms with Crippen molar-refractivity contribution in [1.29, 1.82) is 0 Å². The Balaban J connectivity index is 2.24. The second-order valence-electron chi connectivity index (χ2n) is 4.75. The average Bonchev–Trinajstić information content (AvgIpc) is 2.28. The number of nitrogens with zero attached hydrogens (tertiary/aromatic N) is 2. The third-order valence-electron chi connectivity index (χ3n) is 2.94. The molecule has 0 aromatic carbocycles. The van der Waals surface area contributed by atoms with Crippen LogP contribution in [0.15, 0.2) is 16.9 Å². The first-order valence-electron chi connectivity index (χ1n) is 5.59. The Morgan fingerprint density at radius 2 is 2.24 bits per heavy atom. The van der Waals surface area contributed by atoms with Crippen LogP contribution in [-0.2, 0) is 0 Å². The van der Waals surface area contributed by atoms with Gasteiger partial charge >= 0.3 is 0 Å². The topological polar surface area (TPSA) is 78.1 Å². The number of rotatable bonds is 1. The summed E-state index contributed by atoms with van der Waals surface area (Å²) in [7, 11) is 0. The van der Waals surface area contributed by atoms with Crippen LogP contribution in [0.3, 0.4) is 0 Å². The molecule has 0 spiro atoms. The van der Waals surface area contributed by atoms with E-state index in [-0.39, 0.29) is 22.7 Å². The summed E-state index contributed by atoms with van der Waals surface area (Å²) in [6.45, 7) is 6.18. The molecule has 0 saturated carbocycles. The molecule has 0 radical (unpaired) electrons. The first kappa shape index (κ1) is 11.8. The van der Waals surface area contributed by atoms with Crippen LogP contribution in [0.4, 0.5) is 0 Å². The molecule has 2 heterocycles. The minimum Gasteiger partial charge on any atom is -0.330 e. The van der Waals surface area contributed by atoms with Crippen LogP contribution in [0.5, 0.6) is 0 Å². The summed E-state index contributed by atoms with van der Waals surface area (Å²) in [6, 6.07) is 2.77. The van der Waals surface area contributed by atoms with E-state index in [4.69, 9.17) is 0 Å². The summed E-state index contributed by atoms with van der Waals surface area (Å²) in [5.74, 6) is -0.146. The molecule has 1 aliphatic rings. The average molecular weight is 236 g/mol. The summed E-state index contributed by atoms with van der Waals surface area (Å²) >= 11 is 0. The molecule has 6 heteroatoms. The van der Waals surface area contributed by atoms with Gasteiger partial charge in [0.2, 0.25) is 0 Å². The van der Waals surface area contributed by atoms with E-state index in [9.17, 15) is 9.59 Å². The molecule has 1 aromatic rings. The van der Waals surface area contributed by atoms with Gasteiger partial charge in [0.25, 0.3) is 11.5 Å². The van der Waals surface area contributed by atoms with Gasteiger partial charge in [-0.3, -0.25) is 9.59 Å². The molecule has 2 rings (SSSR count). The van der Waals surface area contributed by atoms with Gasteiger partial charge in [-0.1, -0.05) is 0 Å². The Morgan fingerprint density at radius 1 is 1.47 bits per heavy atom. The normalized spacial score (nSPS) is 19.1. The molecule has 0 atom stereocenters. The number of hydrogen-bond acceptors (Lipinski definition) is 4. The fraction of sp³-hybridized carbons (Fsp3) is 0.545. The maximum absolute atomic E-state index is 12.2. The summed E-state index contributed by atoms with van der Waals surface area (Å²) in [5, 5.41) is 9.30. The minimum atomic E-state index is -0.305. The minimum absolute atomic E-state index is 0.146. The van der Waals surface area contributed by atoms with Crippen molar-refractivity contribution in [2.75, 3.05) is 19.6 Å². The lowest BCUT2D eigenvalue weighted by atomic mass is 9.99. The van der Waals surface area contributed by atoms with Crippen LogP contribution >= 0.6 is 0 Å². The summed E-state index contributed by atoms with van der Waals surface area (Å²) in [5.41, 5.74) is -0.270. The van der Waals surface area contributed by atoms with Gasteiger partial charge in [0.1, 0.15) is 5.69 Å². The number of H-pyrrole nitrogens is 1. The van der Waals surface area contributed by atoms with E-state index in [0.717, 1.165) is 13.1 Å². The van der Waals surface area contributed by atoms with Gasteiger partial charge < -0.3 is 10.2 Å². The second-order valence-corrected chi connectivity index (χ2v) is 4.75. The Kier molecular flexibility index (Phi) is 2.97. The number of hydrogen-bond donors (Lipinski definition) is 2. The lowest BCUT2D eigenvalue weighted by Gasteiger charge is -2.42. The van der Waals surface area contributed by atoms with Crippen LogP contribution in [-0.4, -0.2) is 46.2 Å². The molecule has 1 saturated heterocycles. The Bertz CT molecular complexity index is 460. The van der Waals surface area contributed by atoms with Crippen molar-refractivity contribution in [3.8, 4) is 0 Å². The van der Waals surface area contributed by atoms with Gasteiger partial charge in [-0.25, -0.2) is 5.10 Å². The molecular weight excluding hydrogens is 220 g/mol. The molecule has 1 amide bonds. The van der Waals surface area contributed by atoms with E-state index in [1.54, 1.807) is 4.90 Å². The van der Waals surface area contributed by atoms with E-state index in [1.807, 2.05) is 13.8 Å². The predicted molar refractivity (Wildman–Crippen MR) is 62.8 cm³/mol. The summed E-state index contributed by atoms with van der Waals surface area (Å²) < 4.78 is 0. The van der Waals surface area contributed by atoms with Crippen molar-refractivity contribution in [3.63, 3.8) is 0 Å². The number of aromatic nitrogens is 2. The Morgan fingerprint density at radius 3 is 2.82 bits per heavy atom. The summed E-state index contributed by atoms with van der Waals surface area (Å²) in [4.78, 5) is 24.9. The third kappa shape index (κ3) is 2.36. The van der Waals surface area contributed by atoms with Crippen molar-refractivity contribution >= 4 is 5.91 Å². The molecule has 17 heavy (non-hydrogen) atoms. The molecular formula is C11H16N4O2. The van der Waals surface area contributed by atoms with Crippen LogP contribution in [0.25, 0.3) is 0 Å². The highest BCUT2D eigenvalue weighted by Gasteiger charge is 2.34. The predicted octanol–water partition coefficient (Wildman–Crippen LogP) is -0.406. The number of carbonyl (C=O) groups is 1. The van der Waals surface area contributed by atoms with Gasteiger partial charge in [-0.05, 0) is 19.9 Å². The summed E-state index contributed by atoms with van der Waals surface area (Å²) in [6.07, 6.45) is 0. The fourth-order valence-electron chi connectivity index (χ4n) is 1.96. The maximum Gasteiger partial charge on any atom is 0.274 e. The van der Waals surface area contributed by atoms with Crippen molar-refractivity contribution in [2.45, 2.75) is 19.4 Å². The standard InChI is InChI=1S/C11H16N4O2/c1-11(2)7-12-5-6-15(11)10(17)8-3-4-9(16)14-13-8/h3-4,12H,5-7H2,1-2H3,(H,14,16). The van der Waals surface area contributed by atoms with Crippen LogP contribution in [0.1, 0.15) is 24.3 Å². The van der Waals surface area contributed by atoms with Crippen LogP contribution < -0.4 is 10.9 Å². The molecule has 1 aromatic heterocycles. The fourth-order valence-corrected chi connectivity index (χ4v) is 1.96. The molecule has 1 fully saturated rings. The van der Waals surface area contributed by atoms with Crippen molar-refractivity contribution in [3.05, 3.63) is 28.2 Å². The van der Waals surface area contributed by atoms with Gasteiger partial charge in [-0.15, -0.1) is 0 Å². The number of piperazine rings is 1. The van der Waals surface area contributed by atoms with Gasteiger partial charge in [-0.2, -0.15) is 5.10 Å². The maximum atomic E-state index is 12.2. The van der Waals surface area contributed by atoms with Gasteiger partial charge in [0.05, 0.1) is 5.54 Å². The molecule has 6 nitrogen and oxygen atoms in total. The van der Waals surface area contributed by atoms with Gasteiger partial charge in [0, 0.05) is 25.7 Å². The molecule has 92 valence electrons. The van der Waals surface area contributed by atoms with Crippen molar-refractivity contribution in [1.82, 2.24) is 20.4 Å².